The molecule has 3 aromatic rings. The predicted molar refractivity (Wildman–Crippen MR) is 106 cm³/mol. The van der Waals surface area contributed by atoms with Gasteiger partial charge in [0.15, 0.2) is 0 Å². The second-order valence-corrected chi connectivity index (χ2v) is 6.48. The van der Waals surface area contributed by atoms with Crippen LogP contribution < -0.4 is 15.0 Å². The lowest BCUT2D eigenvalue weighted by Gasteiger charge is -2.16. The van der Waals surface area contributed by atoms with E-state index in [1.165, 1.54) is 0 Å². The smallest absolute Gasteiger partial charge is 0.260 e. The van der Waals surface area contributed by atoms with Gasteiger partial charge in [-0.05, 0) is 42.4 Å². The van der Waals surface area contributed by atoms with Gasteiger partial charge in [0.05, 0.1) is 19.3 Å². The first-order valence-electron chi connectivity index (χ1n) is 8.90. The van der Waals surface area contributed by atoms with Crippen molar-refractivity contribution in [2.24, 2.45) is 0 Å². The first-order chi connectivity index (χ1) is 13.2. The molecule has 0 saturated heterocycles. The van der Waals surface area contributed by atoms with Gasteiger partial charge in [-0.1, -0.05) is 36.4 Å². The Bertz CT molecular complexity index is 986. The highest BCUT2D eigenvalue weighted by atomic mass is 16.5. The fourth-order valence-electron chi connectivity index (χ4n) is 3.45. The van der Waals surface area contributed by atoms with Gasteiger partial charge < -0.3 is 10.1 Å². The third kappa shape index (κ3) is 3.17. The molecule has 2 aromatic carbocycles. The van der Waals surface area contributed by atoms with Crippen molar-refractivity contribution in [3.8, 4) is 17.0 Å². The molecule has 136 valence electrons. The number of nitrogens with one attached hydrogen (secondary N) is 1. The number of hydrogen-bond acceptors (Lipinski definition) is 4. The second-order valence-electron chi connectivity index (χ2n) is 6.48. The highest BCUT2D eigenvalue weighted by Crippen LogP contribution is 2.33. The Morgan fingerprint density at radius 2 is 1.93 bits per heavy atom. The molecule has 0 atom stereocenters. The number of pyridine rings is 1. The molecule has 0 radical (unpaired) electrons. The van der Waals surface area contributed by atoms with Crippen LogP contribution in [0.1, 0.15) is 21.5 Å². The molecule has 0 bridgehead atoms. The summed E-state index contributed by atoms with van der Waals surface area (Å²) in [6.07, 6.45) is 0. The standard InChI is InChI=1S/C22H21N3O2/c1-23-13-16-11-17(27-2)12-18-19(16)14-25(22(18)26)21-10-6-9-20(24-21)15-7-4-3-5-8-15/h3-12,23H,13-14H2,1-2H3. The number of carbonyl (C=O) groups excluding carboxylic acids is 1. The van der Waals surface area contributed by atoms with Crippen molar-refractivity contribution >= 4 is 11.7 Å². The maximum absolute atomic E-state index is 13.1. The summed E-state index contributed by atoms with van der Waals surface area (Å²) < 4.78 is 5.38. The fraction of sp³-hybridized carbons (Fsp3) is 0.182. The van der Waals surface area contributed by atoms with Crippen molar-refractivity contribution in [3.63, 3.8) is 0 Å². The van der Waals surface area contributed by atoms with Crippen molar-refractivity contribution in [2.45, 2.75) is 13.1 Å². The van der Waals surface area contributed by atoms with Crippen LogP contribution in [0.3, 0.4) is 0 Å². The van der Waals surface area contributed by atoms with Gasteiger partial charge in [0.2, 0.25) is 0 Å². The quantitative estimate of drug-likeness (QED) is 0.756. The van der Waals surface area contributed by atoms with Crippen LogP contribution in [0.4, 0.5) is 5.82 Å². The van der Waals surface area contributed by atoms with E-state index < -0.39 is 0 Å². The molecule has 5 heteroatoms. The lowest BCUT2D eigenvalue weighted by molar-refractivity contribution is 0.0995. The Morgan fingerprint density at radius 1 is 1.11 bits per heavy atom. The summed E-state index contributed by atoms with van der Waals surface area (Å²) >= 11 is 0. The van der Waals surface area contributed by atoms with Crippen LogP contribution in [-0.2, 0) is 13.1 Å². The Balaban J connectivity index is 1.72. The summed E-state index contributed by atoms with van der Waals surface area (Å²) in [5.74, 6) is 1.31. The number of rotatable bonds is 5. The lowest BCUT2D eigenvalue weighted by atomic mass is 10.0. The Labute approximate surface area is 158 Å². The summed E-state index contributed by atoms with van der Waals surface area (Å²) in [4.78, 5) is 19.5. The van der Waals surface area contributed by atoms with E-state index in [0.717, 1.165) is 22.4 Å². The number of carbonyl (C=O) groups is 1. The van der Waals surface area contributed by atoms with Crippen LogP contribution in [0.25, 0.3) is 11.3 Å². The molecule has 1 N–H and O–H groups in total. The van der Waals surface area contributed by atoms with Gasteiger partial charge >= 0.3 is 0 Å². The number of ether oxygens (including phenoxy) is 1. The highest BCUT2D eigenvalue weighted by Gasteiger charge is 2.32. The van der Waals surface area contributed by atoms with E-state index in [1.54, 1.807) is 12.0 Å². The average molecular weight is 359 g/mol. The van der Waals surface area contributed by atoms with Gasteiger partial charge in [-0.2, -0.15) is 0 Å². The van der Waals surface area contributed by atoms with E-state index in [2.05, 4.69) is 5.32 Å². The average Bonchev–Trinajstić information content (AvgIpc) is 3.06. The number of hydrogen-bond donors (Lipinski definition) is 1. The van der Waals surface area contributed by atoms with E-state index in [9.17, 15) is 4.79 Å². The molecule has 0 spiro atoms. The van der Waals surface area contributed by atoms with Crippen LogP contribution >= 0.6 is 0 Å². The number of methoxy groups -OCH3 is 1. The lowest BCUT2D eigenvalue weighted by Crippen LogP contribution is -2.24. The minimum absolute atomic E-state index is 0.0426. The maximum Gasteiger partial charge on any atom is 0.260 e. The van der Waals surface area contributed by atoms with Gasteiger partial charge in [-0.25, -0.2) is 4.98 Å². The van der Waals surface area contributed by atoms with E-state index in [-0.39, 0.29) is 5.91 Å². The van der Waals surface area contributed by atoms with Crippen LogP contribution in [0.5, 0.6) is 5.75 Å². The number of benzene rings is 2. The highest BCUT2D eigenvalue weighted by molar-refractivity contribution is 6.10. The molecule has 5 nitrogen and oxygen atoms in total. The minimum atomic E-state index is -0.0426. The third-order valence-corrected chi connectivity index (χ3v) is 4.79. The SMILES string of the molecule is CNCc1cc(OC)cc2c1CN(c1cccc(-c3ccccc3)n1)C2=O. The second kappa shape index (κ2) is 7.21. The maximum atomic E-state index is 13.1. The third-order valence-electron chi connectivity index (χ3n) is 4.79. The van der Waals surface area contributed by atoms with Crippen molar-refractivity contribution in [1.82, 2.24) is 10.3 Å². The summed E-state index contributed by atoms with van der Waals surface area (Å²) in [6.45, 7) is 1.19. The summed E-state index contributed by atoms with van der Waals surface area (Å²) in [5, 5.41) is 3.16. The summed E-state index contributed by atoms with van der Waals surface area (Å²) in [5.41, 5.74) is 4.67. The van der Waals surface area contributed by atoms with Gasteiger partial charge in [0.1, 0.15) is 11.6 Å². The van der Waals surface area contributed by atoms with Crippen molar-refractivity contribution < 1.29 is 9.53 Å². The fourth-order valence-corrected chi connectivity index (χ4v) is 3.45. The van der Waals surface area contributed by atoms with Gasteiger partial charge in [0.25, 0.3) is 5.91 Å². The van der Waals surface area contributed by atoms with Crippen LogP contribution in [0, 0.1) is 0 Å². The molecule has 4 rings (SSSR count). The number of nitrogens with zero attached hydrogens (tertiary/aromatic N) is 2. The molecule has 1 aromatic heterocycles. The molecule has 2 heterocycles. The normalized spacial score (nSPS) is 13.0. The van der Waals surface area contributed by atoms with Gasteiger partial charge in [-0.3, -0.25) is 9.69 Å². The molecule has 0 saturated carbocycles. The first-order valence-corrected chi connectivity index (χ1v) is 8.90. The topological polar surface area (TPSA) is 54.5 Å². The Kier molecular flexibility index (Phi) is 4.60. The van der Waals surface area contributed by atoms with Crippen LogP contribution in [0.2, 0.25) is 0 Å². The Morgan fingerprint density at radius 3 is 2.67 bits per heavy atom. The first kappa shape index (κ1) is 17.2. The van der Waals surface area contributed by atoms with Crippen molar-refractivity contribution in [2.75, 3.05) is 19.1 Å². The number of aromatic nitrogens is 1. The molecule has 0 fully saturated rings. The van der Waals surface area contributed by atoms with E-state index in [0.29, 0.717) is 30.2 Å². The molecular weight excluding hydrogens is 338 g/mol. The summed E-state index contributed by atoms with van der Waals surface area (Å²) in [7, 11) is 3.51. The summed E-state index contributed by atoms with van der Waals surface area (Å²) in [6, 6.07) is 19.6. The Hall–Kier alpha value is -3.18. The molecular formula is C22H21N3O2. The van der Waals surface area contributed by atoms with Crippen LogP contribution in [0.15, 0.2) is 60.7 Å². The zero-order valence-electron chi connectivity index (χ0n) is 15.4. The molecule has 0 unspecified atom stereocenters. The molecule has 0 aliphatic carbocycles. The zero-order valence-corrected chi connectivity index (χ0v) is 15.4. The number of amides is 1. The molecule has 1 aliphatic heterocycles. The monoisotopic (exact) mass is 359 g/mol. The van der Waals surface area contributed by atoms with E-state index in [1.807, 2.05) is 67.7 Å². The largest absolute Gasteiger partial charge is 0.497 e. The minimum Gasteiger partial charge on any atom is -0.497 e. The van der Waals surface area contributed by atoms with Crippen molar-refractivity contribution in [1.29, 1.82) is 0 Å². The van der Waals surface area contributed by atoms with Gasteiger partial charge in [-0.15, -0.1) is 0 Å². The van der Waals surface area contributed by atoms with E-state index in [4.69, 9.17) is 9.72 Å². The molecule has 27 heavy (non-hydrogen) atoms. The van der Waals surface area contributed by atoms with E-state index >= 15 is 0 Å². The molecule has 1 aliphatic rings. The molecule has 1 amide bonds. The number of anilines is 1. The van der Waals surface area contributed by atoms with Crippen molar-refractivity contribution in [3.05, 3.63) is 77.4 Å². The van der Waals surface area contributed by atoms with Crippen LogP contribution in [-0.4, -0.2) is 25.0 Å². The van der Waals surface area contributed by atoms with Gasteiger partial charge in [0, 0.05) is 17.7 Å². The predicted octanol–water partition coefficient (Wildman–Crippen LogP) is 3.64. The number of fused-ring (bicyclic) bond motifs is 1. The zero-order chi connectivity index (χ0) is 18.8.